The van der Waals surface area contributed by atoms with E-state index in [1.54, 1.807) is 50.0 Å². The number of nitrogens with one attached hydrogen (secondary N) is 1. The van der Waals surface area contributed by atoms with Gasteiger partial charge >= 0.3 is 0 Å². The molecule has 2 rings (SSSR count). The largest absolute Gasteiger partial charge is 0.366 e. The van der Waals surface area contributed by atoms with E-state index < -0.39 is 5.91 Å². The predicted octanol–water partition coefficient (Wildman–Crippen LogP) is 1.01. The molecule has 7 nitrogen and oxygen atoms in total. The molecular weight excluding hydrogens is 308 g/mol. The van der Waals surface area contributed by atoms with E-state index >= 15 is 0 Å². The van der Waals surface area contributed by atoms with Gasteiger partial charge in [0.15, 0.2) is 0 Å². The van der Waals surface area contributed by atoms with Crippen molar-refractivity contribution in [3.63, 3.8) is 0 Å². The molecule has 0 aliphatic rings. The lowest BCUT2D eigenvalue weighted by Crippen LogP contribution is -2.23. The van der Waals surface area contributed by atoms with Gasteiger partial charge < -0.3 is 20.5 Å². The minimum atomic E-state index is -0.584. The van der Waals surface area contributed by atoms with Crippen molar-refractivity contribution in [2.24, 2.45) is 12.8 Å². The summed E-state index contributed by atoms with van der Waals surface area (Å²) in [5, 5.41) is 2.75. The van der Waals surface area contributed by atoms with Gasteiger partial charge in [0.25, 0.3) is 5.91 Å². The number of primary amides is 1. The van der Waals surface area contributed by atoms with Gasteiger partial charge in [0.05, 0.1) is 12.0 Å². The van der Waals surface area contributed by atoms with Crippen molar-refractivity contribution in [2.45, 2.75) is 6.42 Å². The second-order valence-corrected chi connectivity index (χ2v) is 5.71. The molecule has 7 heteroatoms. The quantitative estimate of drug-likeness (QED) is 0.857. The number of amides is 3. The molecule has 3 amide bonds. The highest BCUT2D eigenvalue weighted by atomic mass is 16.2. The minimum absolute atomic E-state index is 0.00887. The van der Waals surface area contributed by atoms with Gasteiger partial charge in [-0.3, -0.25) is 14.4 Å². The Morgan fingerprint density at radius 3 is 2.29 bits per heavy atom. The Hall–Kier alpha value is -3.09. The van der Waals surface area contributed by atoms with Crippen molar-refractivity contribution in [3.8, 4) is 0 Å². The maximum atomic E-state index is 12.3. The van der Waals surface area contributed by atoms with E-state index in [0.29, 0.717) is 17.8 Å². The fourth-order valence-corrected chi connectivity index (χ4v) is 2.16. The minimum Gasteiger partial charge on any atom is -0.366 e. The molecule has 0 aliphatic carbocycles. The molecule has 0 saturated heterocycles. The van der Waals surface area contributed by atoms with Crippen molar-refractivity contribution in [1.82, 2.24) is 9.47 Å². The number of carbonyl (C=O) groups is 3. The van der Waals surface area contributed by atoms with Gasteiger partial charge in [-0.05, 0) is 23.8 Å². The van der Waals surface area contributed by atoms with Crippen LogP contribution in [0.3, 0.4) is 0 Å². The molecule has 1 heterocycles. The van der Waals surface area contributed by atoms with Crippen LogP contribution in [0.1, 0.15) is 26.4 Å². The van der Waals surface area contributed by atoms with Gasteiger partial charge in [-0.15, -0.1) is 0 Å². The number of rotatable bonds is 5. The number of likely N-dealkylation sites (N-methyl/N-ethyl adjacent to an activating group) is 1. The lowest BCUT2D eigenvalue weighted by atomic mass is 10.1. The zero-order chi connectivity index (χ0) is 17.9. The van der Waals surface area contributed by atoms with Crippen molar-refractivity contribution < 1.29 is 14.4 Å². The number of hydrogen-bond donors (Lipinski definition) is 2. The first-order chi connectivity index (χ1) is 11.3. The standard InChI is InChI=1S/C17H20N4O3/c1-20(2)15(22)8-11-4-6-13(7-5-11)19-17(24)14-9-12(16(18)23)10-21(14)3/h4-7,9-10H,8H2,1-3H3,(H2,18,23)(H,19,24). The number of nitrogens with zero attached hydrogens (tertiary/aromatic N) is 2. The number of aryl methyl sites for hydroxylation is 1. The van der Waals surface area contributed by atoms with Crippen LogP contribution in [-0.2, 0) is 18.3 Å². The summed E-state index contributed by atoms with van der Waals surface area (Å²) in [5.74, 6) is -0.920. The second kappa shape index (κ2) is 6.99. The fourth-order valence-electron chi connectivity index (χ4n) is 2.16. The molecule has 0 radical (unpaired) electrons. The van der Waals surface area contributed by atoms with E-state index in [2.05, 4.69) is 5.32 Å². The highest BCUT2D eigenvalue weighted by Crippen LogP contribution is 2.14. The van der Waals surface area contributed by atoms with Gasteiger partial charge in [0.1, 0.15) is 5.69 Å². The molecule has 126 valence electrons. The van der Waals surface area contributed by atoms with Crippen LogP contribution < -0.4 is 11.1 Å². The van der Waals surface area contributed by atoms with Crippen molar-refractivity contribution in [1.29, 1.82) is 0 Å². The predicted molar refractivity (Wildman–Crippen MR) is 90.7 cm³/mol. The SMILES string of the molecule is CN(C)C(=O)Cc1ccc(NC(=O)c2cc(C(N)=O)cn2C)cc1. The highest BCUT2D eigenvalue weighted by molar-refractivity contribution is 6.05. The van der Waals surface area contributed by atoms with Crippen molar-refractivity contribution in [3.05, 3.63) is 53.3 Å². The summed E-state index contributed by atoms with van der Waals surface area (Å²) in [6, 6.07) is 8.48. The Morgan fingerprint density at radius 1 is 1.17 bits per heavy atom. The summed E-state index contributed by atoms with van der Waals surface area (Å²) < 4.78 is 1.54. The smallest absolute Gasteiger partial charge is 0.272 e. The van der Waals surface area contributed by atoms with Gasteiger partial charge in [-0.25, -0.2) is 0 Å². The summed E-state index contributed by atoms with van der Waals surface area (Å²) in [6.07, 6.45) is 1.81. The van der Waals surface area contributed by atoms with Gasteiger partial charge in [0, 0.05) is 33.0 Å². The third-order valence-electron chi connectivity index (χ3n) is 3.59. The first kappa shape index (κ1) is 17.3. The van der Waals surface area contributed by atoms with Crippen molar-refractivity contribution in [2.75, 3.05) is 19.4 Å². The molecule has 0 atom stereocenters. The van der Waals surface area contributed by atoms with Crippen LogP contribution in [0.25, 0.3) is 0 Å². The third-order valence-corrected chi connectivity index (χ3v) is 3.59. The molecule has 24 heavy (non-hydrogen) atoms. The zero-order valence-electron chi connectivity index (χ0n) is 13.9. The number of hydrogen-bond acceptors (Lipinski definition) is 3. The number of anilines is 1. The maximum absolute atomic E-state index is 12.3. The Balaban J connectivity index is 2.07. The Bertz CT molecular complexity index is 776. The fraction of sp³-hybridized carbons (Fsp3) is 0.235. The highest BCUT2D eigenvalue weighted by Gasteiger charge is 2.14. The average Bonchev–Trinajstić information content (AvgIpc) is 2.91. The summed E-state index contributed by atoms with van der Waals surface area (Å²) in [4.78, 5) is 36.6. The summed E-state index contributed by atoms with van der Waals surface area (Å²) in [5.41, 5.74) is 7.28. The third kappa shape index (κ3) is 4.01. The number of nitrogens with two attached hydrogens (primary N) is 1. The Morgan fingerprint density at radius 2 is 1.79 bits per heavy atom. The summed E-state index contributed by atoms with van der Waals surface area (Å²) in [6.45, 7) is 0. The molecule has 3 N–H and O–H groups in total. The summed E-state index contributed by atoms with van der Waals surface area (Å²) >= 11 is 0. The molecule has 0 fully saturated rings. The van der Waals surface area contributed by atoms with Gasteiger partial charge in [0.2, 0.25) is 11.8 Å². The average molecular weight is 328 g/mol. The molecule has 0 spiro atoms. The molecule has 1 aromatic carbocycles. The van der Waals surface area contributed by atoms with Crippen LogP contribution in [0.4, 0.5) is 5.69 Å². The van der Waals surface area contributed by atoms with E-state index in [1.807, 2.05) is 0 Å². The molecule has 0 bridgehead atoms. The topological polar surface area (TPSA) is 97.4 Å². The first-order valence-corrected chi connectivity index (χ1v) is 7.34. The molecule has 0 unspecified atom stereocenters. The molecule has 0 saturated carbocycles. The lowest BCUT2D eigenvalue weighted by Gasteiger charge is -2.10. The van der Waals surface area contributed by atoms with E-state index in [9.17, 15) is 14.4 Å². The molecule has 1 aromatic heterocycles. The summed E-state index contributed by atoms with van der Waals surface area (Å²) in [7, 11) is 5.07. The monoisotopic (exact) mass is 328 g/mol. The number of aromatic nitrogens is 1. The van der Waals surface area contributed by atoms with Crippen LogP contribution in [-0.4, -0.2) is 41.3 Å². The van der Waals surface area contributed by atoms with E-state index in [1.165, 1.54) is 17.2 Å². The van der Waals surface area contributed by atoms with Crippen LogP contribution in [0.15, 0.2) is 36.5 Å². The first-order valence-electron chi connectivity index (χ1n) is 7.34. The molecule has 0 aliphatic heterocycles. The second-order valence-electron chi connectivity index (χ2n) is 5.71. The number of benzene rings is 1. The van der Waals surface area contributed by atoms with E-state index in [4.69, 9.17) is 5.73 Å². The Kier molecular flexibility index (Phi) is 5.03. The molecular formula is C17H20N4O3. The number of carbonyl (C=O) groups excluding carboxylic acids is 3. The van der Waals surface area contributed by atoms with Crippen LogP contribution in [0.5, 0.6) is 0 Å². The van der Waals surface area contributed by atoms with Crippen molar-refractivity contribution >= 4 is 23.4 Å². The van der Waals surface area contributed by atoms with E-state index in [0.717, 1.165) is 5.56 Å². The van der Waals surface area contributed by atoms with Gasteiger partial charge in [-0.1, -0.05) is 12.1 Å². The lowest BCUT2D eigenvalue weighted by molar-refractivity contribution is -0.127. The maximum Gasteiger partial charge on any atom is 0.272 e. The Labute approximate surface area is 140 Å². The van der Waals surface area contributed by atoms with Gasteiger partial charge in [-0.2, -0.15) is 0 Å². The van der Waals surface area contributed by atoms with Crippen LogP contribution in [0.2, 0.25) is 0 Å². The molecule has 2 aromatic rings. The van der Waals surface area contributed by atoms with Crippen LogP contribution >= 0.6 is 0 Å². The zero-order valence-corrected chi connectivity index (χ0v) is 13.9. The van der Waals surface area contributed by atoms with Crippen LogP contribution in [0, 0.1) is 0 Å². The normalized spacial score (nSPS) is 10.3. The van der Waals surface area contributed by atoms with E-state index in [-0.39, 0.29) is 17.4 Å².